The molecule has 0 spiro atoms. The van der Waals surface area contributed by atoms with Gasteiger partial charge >= 0.3 is 6.09 Å². The van der Waals surface area contributed by atoms with Gasteiger partial charge in [-0.3, -0.25) is 4.79 Å². The first kappa shape index (κ1) is 26.3. The molecule has 1 aromatic carbocycles. The van der Waals surface area contributed by atoms with E-state index in [1.807, 2.05) is 13.8 Å². The van der Waals surface area contributed by atoms with Gasteiger partial charge in [0, 0.05) is 45.4 Å². The zero-order valence-corrected chi connectivity index (χ0v) is 20.3. The van der Waals surface area contributed by atoms with E-state index >= 15 is 0 Å². The van der Waals surface area contributed by atoms with Gasteiger partial charge in [0.2, 0.25) is 11.8 Å². The van der Waals surface area contributed by atoms with E-state index in [1.165, 1.54) is 18.5 Å². The fraction of sp³-hybridized carbons (Fsp3) is 0.520. The second kappa shape index (κ2) is 12.4. The van der Waals surface area contributed by atoms with E-state index in [4.69, 9.17) is 19.3 Å². The maximum absolute atomic E-state index is 14.6. The van der Waals surface area contributed by atoms with Crippen LogP contribution in [-0.2, 0) is 16.0 Å². The van der Waals surface area contributed by atoms with Gasteiger partial charge in [-0.05, 0) is 44.9 Å². The molecule has 1 aliphatic heterocycles. The zero-order chi connectivity index (χ0) is 25.4. The maximum Gasteiger partial charge on any atom is 0.410 e. The Hall–Kier alpha value is -3.27. The van der Waals surface area contributed by atoms with Crippen LogP contribution in [0.1, 0.15) is 50.7 Å². The normalized spacial score (nSPS) is 14.2. The monoisotopic (exact) mass is 489 g/mol. The SMILES string of the molecule is Cc1c(Oc2ccc(CC(=O)CCCO)cc2F)ncnc1OC1CCN(C(=O)OC(C)C)CC1. The van der Waals surface area contributed by atoms with Crippen LogP contribution < -0.4 is 9.47 Å². The summed E-state index contributed by atoms with van der Waals surface area (Å²) in [4.78, 5) is 33.9. The Morgan fingerprint density at radius 2 is 1.91 bits per heavy atom. The van der Waals surface area contributed by atoms with E-state index in [-0.39, 0.29) is 55.2 Å². The number of Topliss-reactive ketones (excluding diaryl/α,β-unsaturated/α-hetero) is 1. The number of piperidine rings is 1. The average Bonchev–Trinajstić information content (AvgIpc) is 2.82. The Kier molecular flexibility index (Phi) is 9.36. The summed E-state index contributed by atoms with van der Waals surface area (Å²) in [6.45, 7) is 6.34. The lowest BCUT2D eigenvalue weighted by atomic mass is 10.1. The second-order valence-corrected chi connectivity index (χ2v) is 8.76. The number of amides is 1. The van der Waals surface area contributed by atoms with Crippen LogP contribution in [-0.4, -0.2) is 63.8 Å². The van der Waals surface area contributed by atoms with E-state index in [1.54, 1.807) is 17.9 Å². The van der Waals surface area contributed by atoms with Gasteiger partial charge in [0.05, 0.1) is 11.7 Å². The highest BCUT2D eigenvalue weighted by atomic mass is 19.1. The quantitative estimate of drug-likeness (QED) is 0.533. The Morgan fingerprint density at radius 3 is 2.57 bits per heavy atom. The van der Waals surface area contributed by atoms with Crippen molar-refractivity contribution in [1.29, 1.82) is 0 Å². The topological polar surface area (TPSA) is 111 Å². The van der Waals surface area contributed by atoms with Gasteiger partial charge < -0.3 is 24.2 Å². The summed E-state index contributed by atoms with van der Waals surface area (Å²) in [6.07, 6.45) is 2.64. The predicted molar refractivity (Wildman–Crippen MR) is 125 cm³/mol. The summed E-state index contributed by atoms with van der Waals surface area (Å²) >= 11 is 0. The van der Waals surface area contributed by atoms with Crippen molar-refractivity contribution in [2.24, 2.45) is 0 Å². The third kappa shape index (κ3) is 7.61. The highest BCUT2D eigenvalue weighted by Crippen LogP contribution is 2.31. The number of halogens is 1. The number of benzene rings is 1. The fourth-order valence-corrected chi connectivity index (χ4v) is 3.66. The predicted octanol–water partition coefficient (Wildman–Crippen LogP) is 3.99. The molecule has 1 aliphatic rings. The summed E-state index contributed by atoms with van der Waals surface area (Å²) in [5.74, 6) is -0.202. The molecule has 0 radical (unpaired) electrons. The number of ketones is 1. The van der Waals surface area contributed by atoms with Crippen molar-refractivity contribution in [3.05, 3.63) is 41.5 Å². The highest BCUT2D eigenvalue weighted by Gasteiger charge is 2.26. The minimum atomic E-state index is -0.612. The van der Waals surface area contributed by atoms with Gasteiger partial charge in [0.15, 0.2) is 11.6 Å². The van der Waals surface area contributed by atoms with E-state index < -0.39 is 5.82 Å². The van der Waals surface area contributed by atoms with Crippen molar-refractivity contribution in [2.75, 3.05) is 19.7 Å². The van der Waals surface area contributed by atoms with Crippen LogP contribution >= 0.6 is 0 Å². The number of aliphatic hydroxyl groups is 1. The van der Waals surface area contributed by atoms with Gasteiger partial charge in [0.25, 0.3) is 0 Å². The second-order valence-electron chi connectivity index (χ2n) is 8.76. The summed E-state index contributed by atoms with van der Waals surface area (Å²) < 4.78 is 31.6. The van der Waals surface area contributed by atoms with Gasteiger partial charge in [-0.2, -0.15) is 0 Å². The molecule has 0 bridgehead atoms. The van der Waals surface area contributed by atoms with Crippen molar-refractivity contribution >= 4 is 11.9 Å². The first-order chi connectivity index (χ1) is 16.8. The molecule has 190 valence electrons. The van der Waals surface area contributed by atoms with Crippen LogP contribution in [0.25, 0.3) is 0 Å². The lowest BCUT2D eigenvalue weighted by molar-refractivity contribution is -0.118. The van der Waals surface area contributed by atoms with Gasteiger partial charge in [-0.15, -0.1) is 0 Å². The largest absolute Gasteiger partial charge is 0.474 e. The summed E-state index contributed by atoms with van der Waals surface area (Å²) in [5, 5.41) is 8.83. The molecule has 1 N–H and O–H groups in total. The number of ether oxygens (including phenoxy) is 3. The summed E-state index contributed by atoms with van der Waals surface area (Å²) in [7, 11) is 0. The van der Waals surface area contributed by atoms with E-state index in [9.17, 15) is 14.0 Å². The van der Waals surface area contributed by atoms with Crippen LogP contribution in [0.15, 0.2) is 24.5 Å². The van der Waals surface area contributed by atoms with Crippen molar-refractivity contribution in [2.45, 2.75) is 65.1 Å². The standard InChI is InChI=1S/C25H32FN3O6/c1-16(2)33-25(32)29-10-8-20(9-11-29)34-23-17(3)24(28-15-27-23)35-22-7-6-18(14-21(22)26)13-19(31)5-4-12-30/h6-7,14-16,20,30H,4-5,8-13H2,1-3H3. The average molecular weight is 490 g/mol. The lowest BCUT2D eigenvalue weighted by Crippen LogP contribution is -2.42. The van der Waals surface area contributed by atoms with Crippen LogP contribution in [0.2, 0.25) is 0 Å². The Balaban J connectivity index is 1.60. The first-order valence-corrected chi connectivity index (χ1v) is 11.8. The Morgan fingerprint density at radius 1 is 1.20 bits per heavy atom. The van der Waals surface area contributed by atoms with Crippen LogP contribution in [0.4, 0.5) is 9.18 Å². The third-order valence-electron chi connectivity index (χ3n) is 5.52. The number of carbonyl (C=O) groups excluding carboxylic acids is 2. The third-order valence-corrected chi connectivity index (χ3v) is 5.52. The number of aromatic nitrogens is 2. The fourth-order valence-electron chi connectivity index (χ4n) is 3.66. The van der Waals surface area contributed by atoms with E-state index in [0.29, 0.717) is 49.4 Å². The minimum Gasteiger partial charge on any atom is -0.474 e. The van der Waals surface area contributed by atoms with Gasteiger partial charge in [0.1, 0.15) is 18.2 Å². The number of carbonyl (C=O) groups is 2. The number of rotatable bonds is 10. The smallest absolute Gasteiger partial charge is 0.410 e. The molecular formula is C25H32FN3O6. The van der Waals surface area contributed by atoms with Crippen LogP contribution in [0.5, 0.6) is 17.5 Å². The molecule has 1 fully saturated rings. The van der Waals surface area contributed by atoms with E-state index in [0.717, 1.165) is 0 Å². The molecule has 1 aromatic heterocycles. The molecular weight excluding hydrogens is 457 g/mol. The lowest BCUT2D eigenvalue weighted by Gasteiger charge is -2.31. The minimum absolute atomic E-state index is 0.0266. The number of nitrogens with zero attached hydrogens (tertiary/aromatic N) is 3. The molecule has 1 saturated heterocycles. The van der Waals surface area contributed by atoms with Crippen molar-refractivity contribution in [1.82, 2.24) is 14.9 Å². The van der Waals surface area contributed by atoms with E-state index in [2.05, 4.69) is 9.97 Å². The number of likely N-dealkylation sites (tertiary alicyclic amines) is 1. The first-order valence-electron chi connectivity index (χ1n) is 11.8. The molecule has 0 saturated carbocycles. The van der Waals surface area contributed by atoms with Crippen molar-refractivity contribution in [3.8, 4) is 17.5 Å². The molecule has 3 rings (SSSR count). The molecule has 1 amide bonds. The summed E-state index contributed by atoms with van der Waals surface area (Å²) in [6, 6.07) is 4.34. The molecule has 9 nitrogen and oxygen atoms in total. The molecule has 10 heteroatoms. The van der Waals surface area contributed by atoms with Gasteiger partial charge in [-0.1, -0.05) is 6.07 Å². The maximum atomic E-state index is 14.6. The highest BCUT2D eigenvalue weighted by molar-refractivity contribution is 5.80. The van der Waals surface area contributed by atoms with Gasteiger partial charge in [-0.25, -0.2) is 19.2 Å². The van der Waals surface area contributed by atoms with Crippen LogP contribution in [0.3, 0.4) is 0 Å². The number of aliphatic hydroxyl groups excluding tert-OH is 1. The Labute approximate surface area is 204 Å². The van der Waals surface area contributed by atoms with Crippen molar-refractivity contribution < 1.29 is 33.3 Å². The number of hydrogen-bond donors (Lipinski definition) is 1. The molecule has 35 heavy (non-hydrogen) atoms. The Bertz CT molecular complexity index is 1020. The van der Waals surface area contributed by atoms with Crippen molar-refractivity contribution in [3.63, 3.8) is 0 Å². The molecule has 0 unspecified atom stereocenters. The molecule has 0 aliphatic carbocycles. The number of hydrogen-bond acceptors (Lipinski definition) is 8. The molecule has 2 heterocycles. The van der Waals surface area contributed by atoms with Crippen LogP contribution in [0, 0.1) is 12.7 Å². The molecule has 2 aromatic rings. The summed E-state index contributed by atoms with van der Waals surface area (Å²) in [5.41, 5.74) is 1.06. The zero-order valence-electron chi connectivity index (χ0n) is 20.3. The molecule has 0 atom stereocenters.